The van der Waals surface area contributed by atoms with Gasteiger partial charge in [-0.25, -0.2) is 0 Å². The Morgan fingerprint density at radius 3 is 2.47 bits per heavy atom. The van der Waals surface area contributed by atoms with Crippen LogP contribution in [0.1, 0.15) is 26.7 Å². The molecule has 4 nitrogen and oxygen atoms in total. The number of rotatable bonds is 5. The van der Waals surface area contributed by atoms with Crippen LogP contribution in [0.4, 0.5) is 0 Å². The first-order valence-corrected chi connectivity index (χ1v) is 5.38. The maximum atomic E-state index is 11.8. The van der Waals surface area contributed by atoms with Crippen molar-refractivity contribution < 1.29 is 9.53 Å². The Labute approximate surface area is 95.5 Å². The molecule has 0 aliphatic heterocycles. The zero-order valence-corrected chi connectivity index (χ0v) is 10.2. The molecule has 0 aromatic heterocycles. The molecule has 1 aliphatic carbocycles. The van der Waals surface area contributed by atoms with E-state index in [1.165, 1.54) is 0 Å². The number of nitrogens with one attached hydrogen (secondary N) is 1. The van der Waals surface area contributed by atoms with Crippen LogP contribution in [-0.4, -0.2) is 30.2 Å². The summed E-state index contributed by atoms with van der Waals surface area (Å²) >= 11 is 4.89. The molecule has 15 heavy (non-hydrogen) atoms. The zero-order valence-electron chi connectivity index (χ0n) is 9.42. The van der Waals surface area contributed by atoms with Crippen molar-refractivity contribution in [2.45, 2.75) is 32.3 Å². The number of amides is 1. The van der Waals surface area contributed by atoms with Crippen molar-refractivity contribution in [2.24, 2.45) is 11.1 Å². The van der Waals surface area contributed by atoms with Crippen molar-refractivity contribution in [3.63, 3.8) is 0 Å². The summed E-state index contributed by atoms with van der Waals surface area (Å²) in [5.41, 5.74) is 4.62. The van der Waals surface area contributed by atoms with E-state index in [0.29, 0.717) is 11.5 Å². The predicted molar refractivity (Wildman–Crippen MR) is 62.6 cm³/mol. The van der Waals surface area contributed by atoms with Crippen molar-refractivity contribution in [3.8, 4) is 0 Å². The van der Waals surface area contributed by atoms with Crippen LogP contribution in [0.5, 0.6) is 0 Å². The summed E-state index contributed by atoms with van der Waals surface area (Å²) in [4.78, 5) is 12.1. The number of nitrogens with two attached hydrogens (primary N) is 1. The zero-order chi connectivity index (χ0) is 11.7. The van der Waals surface area contributed by atoms with Crippen LogP contribution >= 0.6 is 12.2 Å². The second kappa shape index (κ2) is 4.06. The minimum atomic E-state index is -0.570. The summed E-state index contributed by atoms with van der Waals surface area (Å²) < 4.78 is 5.20. The predicted octanol–water partition coefficient (Wildman–Crippen LogP) is 0.594. The standard InChI is InChI=1S/C10H18N2O2S/c1-9(2,14-3)6-12-8(13)10(4-5-10)7(11)15/h4-6H2,1-3H3,(H2,11,15)(H,12,13). The fourth-order valence-electron chi connectivity index (χ4n) is 1.24. The molecule has 1 saturated carbocycles. The molecule has 1 rings (SSSR count). The van der Waals surface area contributed by atoms with Crippen molar-refractivity contribution in [1.82, 2.24) is 5.32 Å². The number of carbonyl (C=O) groups excluding carboxylic acids is 1. The summed E-state index contributed by atoms with van der Waals surface area (Å²) in [7, 11) is 1.62. The number of methoxy groups -OCH3 is 1. The minimum absolute atomic E-state index is 0.0693. The van der Waals surface area contributed by atoms with E-state index in [0.717, 1.165) is 12.8 Å². The Hall–Kier alpha value is -0.680. The summed E-state index contributed by atoms with van der Waals surface area (Å²) in [6.45, 7) is 4.29. The monoisotopic (exact) mass is 230 g/mol. The van der Waals surface area contributed by atoms with Gasteiger partial charge in [-0.3, -0.25) is 4.79 Å². The highest BCUT2D eigenvalue weighted by Gasteiger charge is 2.52. The molecule has 0 aromatic carbocycles. The lowest BCUT2D eigenvalue weighted by molar-refractivity contribution is -0.125. The normalized spacial score (nSPS) is 18.3. The van der Waals surface area contributed by atoms with Gasteiger partial charge in [0.2, 0.25) is 5.91 Å². The molecular weight excluding hydrogens is 212 g/mol. The largest absolute Gasteiger partial charge is 0.392 e. The molecule has 0 spiro atoms. The topological polar surface area (TPSA) is 64.3 Å². The smallest absolute Gasteiger partial charge is 0.233 e. The van der Waals surface area contributed by atoms with Gasteiger partial charge < -0.3 is 15.8 Å². The second-order valence-electron chi connectivity index (χ2n) is 4.59. The van der Waals surface area contributed by atoms with E-state index in [1.54, 1.807) is 7.11 Å². The molecule has 0 bridgehead atoms. The van der Waals surface area contributed by atoms with Gasteiger partial charge in [0.05, 0.1) is 16.0 Å². The molecule has 1 aliphatic rings. The summed E-state index contributed by atoms with van der Waals surface area (Å²) in [6.07, 6.45) is 1.53. The van der Waals surface area contributed by atoms with E-state index in [9.17, 15) is 4.79 Å². The molecule has 86 valence electrons. The van der Waals surface area contributed by atoms with Crippen LogP contribution in [0.3, 0.4) is 0 Å². The molecule has 5 heteroatoms. The molecule has 0 saturated heterocycles. The average Bonchev–Trinajstić information content (AvgIpc) is 2.95. The lowest BCUT2D eigenvalue weighted by Crippen LogP contribution is -2.45. The van der Waals surface area contributed by atoms with Gasteiger partial charge in [-0.2, -0.15) is 0 Å². The van der Waals surface area contributed by atoms with Gasteiger partial charge in [0, 0.05) is 13.7 Å². The minimum Gasteiger partial charge on any atom is -0.392 e. The third-order valence-corrected chi connectivity index (χ3v) is 3.27. The van der Waals surface area contributed by atoms with E-state index in [1.807, 2.05) is 13.8 Å². The Morgan fingerprint density at radius 2 is 2.13 bits per heavy atom. The molecule has 0 unspecified atom stereocenters. The highest BCUT2D eigenvalue weighted by Crippen LogP contribution is 2.46. The number of carbonyl (C=O) groups is 1. The Kier molecular flexibility index (Phi) is 3.35. The lowest BCUT2D eigenvalue weighted by atomic mass is 10.1. The van der Waals surface area contributed by atoms with Gasteiger partial charge >= 0.3 is 0 Å². The van der Waals surface area contributed by atoms with Gasteiger partial charge in [0.15, 0.2) is 0 Å². The van der Waals surface area contributed by atoms with Gasteiger partial charge in [0.1, 0.15) is 0 Å². The average molecular weight is 230 g/mol. The maximum absolute atomic E-state index is 11.8. The molecule has 0 atom stereocenters. The summed E-state index contributed by atoms with van der Waals surface area (Å²) in [6, 6.07) is 0. The Bertz CT molecular complexity index is 285. The molecular formula is C10H18N2O2S. The third-order valence-electron chi connectivity index (χ3n) is 2.88. The SMILES string of the molecule is COC(C)(C)CNC(=O)C1(C(N)=S)CC1. The molecule has 1 fully saturated rings. The first kappa shape index (κ1) is 12.4. The first-order chi connectivity index (χ1) is 6.84. The highest BCUT2D eigenvalue weighted by molar-refractivity contribution is 7.80. The van der Waals surface area contributed by atoms with E-state index >= 15 is 0 Å². The first-order valence-electron chi connectivity index (χ1n) is 4.97. The fraction of sp³-hybridized carbons (Fsp3) is 0.800. The number of hydrogen-bond acceptors (Lipinski definition) is 3. The Morgan fingerprint density at radius 1 is 1.60 bits per heavy atom. The van der Waals surface area contributed by atoms with Gasteiger partial charge in [-0.1, -0.05) is 12.2 Å². The second-order valence-corrected chi connectivity index (χ2v) is 5.03. The van der Waals surface area contributed by atoms with Crippen LogP contribution in [0.2, 0.25) is 0 Å². The summed E-state index contributed by atoms with van der Waals surface area (Å²) in [5.74, 6) is -0.0693. The highest BCUT2D eigenvalue weighted by atomic mass is 32.1. The quantitative estimate of drug-likeness (QED) is 0.679. The van der Waals surface area contributed by atoms with Crippen LogP contribution < -0.4 is 11.1 Å². The van der Waals surface area contributed by atoms with E-state index < -0.39 is 5.41 Å². The lowest BCUT2D eigenvalue weighted by Gasteiger charge is -2.24. The van der Waals surface area contributed by atoms with Gasteiger partial charge in [-0.15, -0.1) is 0 Å². The number of thiocarbonyl (C=S) groups is 1. The van der Waals surface area contributed by atoms with Crippen LogP contribution in [-0.2, 0) is 9.53 Å². The number of ether oxygens (including phenoxy) is 1. The molecule has 0 aromatic rings. The fourth-order valence-corrected chi connectivity index (χ4v) is 1.54. The van der Waals surface area contributed by atoms with Crippen molar-refractivity contribution >= 4 is 23.1 Å². The molecule has 0 radical (unpaired) electrons. The molecule has 3 N–H and O–H groups in total. The Balaban J connectivity index is 2.47. The molecule has 1 amide bonds. The van der Waals surface area contributed by atoms with Crippen LogP contribution in [0, 0.1) is 5.41 Å². The summed E-state index contributed by atoms with van der Waals surface area (Å²) in [5, 5.41) is 2.83. The van der Waals surface area contributed by atoms with E-state index in [-0.39, 0.29) is 11.5 Å². The number of hydrogen-bond donors (Lipinski definition) is 2. The van der Waals surface area contributed by atoms with Crippen molar-refractivity contribution in [3.05, 3.63) is 0 Å². The van der Waals surface area contributed by atoms with Gasteiger partial charge in [0.25, 0.3) is 0 Å². The van der Waals surface area contributed by atoms with E-state index in [2.05, 4.69) is 5.32 Å². The maximum Gasteiger partial charge on any atom is 0.233 e. The van der Waals surface area contributed by atoms with E-state index in [4.69, 9.17) is 22.7 Å². The van der Waals surface area contributed by atoms with Crippen LogP contribution in [0.25, 0.3) is 0 Å². The molecule has 0 heterocycles. The van der Waals surface area contributed by atoms with Crippen molar-refractivity contribution in [1.29, 1.82) is 0 Å². The van der Waals surface area contributed by atoms with Crippen LogP contribution in [0.15, 0.2) is 0 Å². The van der Waals surface area contributed by atoms with Crippen molar-refractivity contribution in [2.75, 3.05) is 13.7 Å². The van der Waals surface area contributed by atoms with Gasteiger partial charge in [-0.05, 0) is 26.7 Å². The third kappa shape index (κ3) is 2.66.